The van der Waals surface area contributed by atoms with E-state index >= 15 is 0 Å². The summed E-state index contributed by atoms with van der Waals surface area (Å²) in [5.74, 6) is 0.332. The SMILES string of the molecule is COc1cc(OC)c(C(=O)/C=C/c2ccc(C)cc2)c(O)c1CC=C(C)C. The molecular formula is C23H26O4. The normalized spacial score (nSPS) is 10.7. The zero-order valence-electron chi connectivity index (χ0n) is 16.5. The molecule has 0 saturated heterocycles. The summed E-state index contributed by atoms with van der Waals surface area (Å²) in [7, 11) is 2.99. The number of aryl methyl sites for hydroxylation is 1. The Balaban J connectivity index is 2.46. The van der Waals surface area contributed by atoms with E-state index in [4.69, 9.17) is 9.47 Å². The first-order chi connectivity index (χ1) is 12.9. The Bertz CT molecular complexity index is 870. The van der Waals surface area contributed by atoms with Gasteiger partial charge in [0.25, 0.3) is 0 Å². The van der Waals surface area contributed by atoms with E-state index in [0.29, 0.717) is 17.7 Å². The van der Waals surface area contributed by atoms with E-state index in [2.05, 4.69) is 0 Å². The average Bonchev–Trinajstić information content (AvgIpc) is 2.65. The van der Waals surface area contributed by atoms with E-state index in [0.717, 1.165) is 16.7 Å². The number of ether oxygens (including phenoxy) is 2. The minimum atomic E-state index is -0.328. The number of carbonyl (C=O) groups excluding carboxylic acids is 1. The van der Waals surface area contributed by atoms with Crippen molar-refractivity contribution >= 4 is 11.9 Å². The number of allylic oxidation sites excluding steroid dienone is 3. The third-order valence-corrected chi connectivity index (χ3v) is 4.23. The van der Waals surface area contributed by atoms with Crippen LogP contribution in [0.3, 0.4) is 0 Å². The van der Waals surface area contributed by atoms with Crippen molar-refractivity contribution < 1.29 is 19.4 Å². The lowest BCUT2D eigenvalue weighted by atomic mass is 9.99. The first-order valence-electron chi connectivity index (χ1n) is 8.76. The molecule has 0 atom stereocenters. The molecule has 27 heavy (non-hydrogen) atoms. The fourth-order valence-corrected chi connectivity index (χ4v) is 2.68. The Kier molecular flexibility index (Phi) is 6.83. The Morgan fingerprint density at radius 1 is 1.07 bits per heavy atom. The van der Waals surface area contributed by atoms with Crippen LogP contribution >= 0.6 is 0 Å². The molecule has 4 heteroatoms. The van der Waals surface area contributed by atoms with Gasteiger partial charge < -0.3 is 14.6 Å². The molecule has 0 aliphatic rings. The third kappa shape index (κ3) is 5.00. The molecule has 0 fully saturated rings. The first kappa shape index (κ1) is 20.3. The van der Waals surface area contributed by atoms with Gasteiger partial charge in [0, 0.05) is 11.6 Å². The zero-order chi connectivity index (χ0) is 20.0. The van der Waals surface area contributed by atoms with E-state index in [1.54, 1.807) is 12.1 Å². The molecule has 0 unspecified atom stereocenters. The molecule has 142 valence electrons. The van der Waals surface area contributed by atoms with Crippen molar-refractivity contribution in [3.05, 3.63) is 70.3 Å². The largest absolute Gasteiger partial charge is 0.507 e. The molecule has 4 nitrogen and oxygen atoms in total. The van der Waals surface area contributed by atoms with Gasteiger partial charge in [-0.05, 0) is 38.8 Å². The van der Waals surface area contributed by atoms with Gasteiger partial charge in [0.05, 0.1) is 14.2 Å². The molecule has 0 aromatic heterocycles. The second-order valence-corrected chi connectivity index (χ2v) is 6.58. The van der Waals surface area contributed by atoms with Crippen LogP contribution in [-0.2, 0) is 6.42 Å². The summed E-state index contributed by atoms with van der Waals surface area (Å²) in [6, 6.07) is 9.47. The van der Waals surface area contributed by atoms with E-state index in [9.17, 15) is 9.90 Å². The van der Waals surface area contributed by atoms with Crippen LogP contribution in [0.15, 0.2) is 48.1 Å². The zero-order valence-corrected chi connectivity index (χ0v) is 16.5. The van der Waals surface area contributed by atoms with Crippen molar-refractivity contribution in [3.8, 4) is 17.2 Å². The van der Waals surface area contributed by atoms with Crippen LogP contribution in [0.5, 0.6) is 17.2 Å². The van der Waals surface area contributed by atoms with Gasteiger partial charge in [0.1, 0.15) is 22.8 Å². The number of methoxy groups -OCH3 is 2. The Morgan fingerprint density at radius 2 is 1.70 bits per heavy atom. The summed E-state index contributed by atoms with van der Waals surface area (Å²) in [5.41, 5.74) is 3.87. The molecule has 0 heterocycles. The summed E-state index contributed by atoms with van der Waals surface area (Å²) in [4.78, 5) is 12.8. The van der Waals surface area contributed by atoms with Gasteiger partial charge in [-0.25, -0.2) is 0 Å². The summed E-state index contributed by atoms with van der Waals surface area (Å²) in [5, 5.41) is 10.8. The Morgan fingerprint density at radius 3 is 2.26 bits per heavy atom. The number of ketones is 1. The Labute approximate surface area is 160 Å². The van der Waals surface area contributed by atoms with Crippen LogP contribution in [0.25, 0.3) is 6.08 Å². The smallest absolute Gasteiger partial charge is 0.193 e. The molecule has 0 spiro atoms. The third-order valence-electron chi connectivity index (χ3n) is 4.23. The maximum atomic E-state index is 12.8. The molecular weight excluding hydrogens is 340 g/mol. The fourth-order valence-electron chi connectivity index (χ4n) is 2.68. The predicted molar refractivity (Wildman–Crippen MR) is 109 cm³/mol. The molecule has 0 amide bonds. The summed E-state index contributed by atoms with van der Waals surface area (Å²) in [6.07, 6.45) is 5.60. The summed E-state index contributed by atoms with van der Waals surface area (Å²) >= 11 is 0. The van der Waals surface area contributed by atoms with E-state index in [1.165, 1.54) is 20.3 Å². The molecule has 2 rings (SSSR count). The van der Waals surface area contributed by atoms with E-state index in [1.807, 2.05) is 51.1 Å². The number of hydrogen-bond donors (Lipinski definition) is 1. The van der Waals surface area contributed by atoms with Gasteiger partial charge in [0.15, 0.2) is 5.78 Å². The van der Waals surface area contributed by atoms with Gasteiger partial charge in [0.2, 0.25) is 0 Å². The minimum Gasteiger partial charge on any atom is -0.507 e. The number of phenolic OH excluding ortho intramolecular Hbond substituents is 1. The number of aromatic hydroxyl groups is 1. The minimum absolute atomic E-state index is 0.109. The van der Waals surface area contributed by atoms with Crippen LogP contribution in [0.4, 0.5) is 0 Å². The highest BCUT2D eigenvalue weighted by molar-refractivity contribution is 6.11. The fraction of sp³-hybridized carbons (Fsp3) is 0.261. The van der Waals surface area contributed by atoms with Crippen LogP contribution < -0.4 is 9.47 Å². The van der Waals surface area contributed by atoms with Crippen molar-refractivity contribution in [1.82, 2.24) is 0 Å². The number of phenols is 1. The molecule has 0 radical (unpaired) electrons. The van der Waals surface area contributed by atoms with Crippen LogP contribution in [0.1, 0.15) is 40.9 Å². The van der Waals surface area contributed by atoms with Crippen LogP contribution in [0, 0.1) is 6.92 Å². The average molecular weight is 366 g/mol. The standard InChI is InChI=1S/C23H26O4/c1-15(2)6-12-18-20(26-4)14-21(27-5)22(23(18)25)19(24)13-11-17-9-7-16(3)8-10-17/h6-11,13-14,25H,12H2,1-5H3/b13-11+. The predicted octanol–water partition coefficient (Wildman–Crippen LogP) is 5.12. The number of benzene rings is 2. The second kappa shape index (κ2) is 9.08. The molecule has 2 aromatic carbocycles. The molecule has 2 aromatic rings. The lowest BCUT2D eigenvalue weighted by molar-refractivity contribution is 0.104. The van der Waals surface area contributed by atoms with Gasteiger partial charge in [-0.3, -0.25) is 4.79 Å². The van der Waals surface area contributed by atoms with Crippen molar-refractivity contribution in [1.29, 1.82) is 0 Å². The topological polar surface area (TPSA) is 55.8 Å². The van der Waals surface area contributed by atoms with Gasteiger partial charge in [-0.15, -0.1) is 0 Å². The van der Waals surface area contributed by atoms with Crippen molar-refractivity contribution in [3.63, 3.8) is 0 Å². The van der Waals surface area contributed by atoms with Gasteiger partial charge in [-0.1, -0.05) is 47.6 Å². The van der Waals surface area contributed by atoms with E-state index < -0.39 is 0 Å². The van der Waals surface area contributed by atoms with E-state index in [-0.39, 0.29) is 22.8 Å². The maximum Gasteiger partial charge on any atom is 0.193 e. The van der Waals surface area contributed by atoms with Crippen LogP contribution in [0.2, 0.25) is 0 Å². The van der Waals surface area contributed by atoms with Crippen molar-refractivity contribution in [2.75, 3.05) is 14.2 Å². The lowest BCUT2D eigenvalue weighted by Crippen LogP contribution is -2.04. The maximum absolute atomic E-state index is 12.8. The lowest BCUT2D eigenvalue weighted by Gasteiger charge is -2.15. The van der Waals surface area contributed by atoms with Gasteiger partial charge in [-0.2, -0.15) is 0 Å². The number of carbonyl (C=O) groups is 1. The molecule has 0 aliphatic carbocycles. The molecule has 0 aliphatic heterocycles. The van der Waals surface area contributed by atoms with Crippen LogP contribution in [-0.4, -0.2) is 25.1 Å². The molecule has 1 N–H and O–H groups in total. The number of rotatable bonds is 7. The number of hydrogen-bond acceptors (Lipinski definition) is 4. The highest BCUT2D eigenvalue weighted by Gasteiger charge is 2.22. The summed E-state index contributed by atoms with van der Waals surface area (Å²) in [6.45, 7) is 5.96. The van der Waals surface area contributed by atoms with Gasteiger partial charge >= 0.3 is 0 Å². The monoisotopic (exact) mass is 366 g/mol. The van der Waals surface area contributed by atoms with Crippen molar-refractivity contribution in [2.45, 2.75) is 27.2 Å². The van der Waals surface area contributed by atoms with Crippen molar-refractivity contribution in [2.24, 2.45) is 0 Å². The second-order valence-electron chi connectivity index (χ2n) is 6.58. The molecule has 0 bridgehead atoms. The highest BCUT2D eigenvalue weighted by atomic mass is 16.5. The quantitative estimate of drug-likeness (QED) is 0.420. The molecule has 0 saturated carbocycles. The highest BCUT2D eigenvalue weighted by Crippen LogP contribution is 2.39. The first-order valence-corrected chi connectivity index (χ1v) is 8.76. The Hall–Kier alpha value is -3.01. The summed E-state index contributed by atoms with van der Waals surface area (Å²) < 4.78 is 10.7.